The van der Waals surface area contributed by atoms with Crippen molar-refractivity contribution in [1.82, 2.24) is 9.97 Å². The highest BCUT2D eigenvalue weighted by Crippen LogP contribution is 2.18. The third-order valence-electron chi connectivity index (χ3n) is 2.68. The molecule has 1 atom stereocenters. The number of hydrogen-bond donors (Lipinski definition) is 0. The van der Waals surface area contributed by atoms with Crippen molar-refractivity contribution in [2.45, 2.75) is 39.5 Å². The zero-order chi connectivity index (χ0) is 12.7. The minimum atomic E-state index is -0.570. The number of rotatable bonds is 7. The fraction of sp³-hybridized carbons (Fsp3) is 0.667. The molecule has 0 aliphatic rings. The van der Waals surface area contributed by atoms with Gasteiger partial charge in [-0.25, -0.2) is 4.98 Å². The van der Waals surface area contributed by atoms with Gasteiger partial charge in [-0.05, 0) is 23.9 Å². The van der Waals surface area contributed by atoms with Crippen molar-refractivity contribution >= 4 is 11.6 Å². The Morgan fingerprint density at radius 1 is 1.47 bits per heavy atom. The molecule has 1 rings (SSSR count). The van der Waals surface area contributed by atoms with Gasteiger partial charge in [0, 0.05) is 0 Å². The monoisotopic (exact) mass is 260 g/mol. The highest BCUT2D eigenvalue weighted by molar-refractivity contribution is 6.28. The van der Waals surface area contributed by atoms with E-state index >= 15 is 0 Å². The summed E-state index contributed by atoms with van der Waals surface area (Å²) in [5.74, 6) is -0.192. The number of hydrogen-bond acceptors (Lipinski definition) is 3. The maximum Gasteiger partial charge on any atom is 0.254 e. The largest absolute Gasteiger partial charge is 0.475 e. The fourth-order valence-electron chi connectivity index (χ4n) is 1.53. The Labute approximate surface area is 106 Å². The van der Waals surface area contributed by atoms with E-state index in [4.69, 9.17) is 16.3 Å². The minimum absolute atomic E-state index is 0.00278. The summed E-state index contributed by atoms with van der Waals surface area (Å²) >= 11 is 5.58. The van der Waals surface area contributed by atoms with Crippen LogP contribution in [0.25, 0.3) is 0 Å². The Balaban J connectivity index is 2.50. The summed E-state index contributed by atoms with van der Waals surface area (Å²) in [7, 11) is 0. The molecule has 1 aromatic heterocycles. The van der Waals surface area contributed by atoms with E-state index in [0.717, 1.165) is 31.9 Å². The number of aromatic nitrogens is 2. The number of nitrogens with zero attached hydrogens (tertiary/aromatic N) is 2. The van der Waals surface area contributed by atoms with Gasteiger partial charge in [0.05, 0.1) is 12.8 Å². The molecule has 96 valence electrons. The molecule has 3 nitrogen and oxygen atoms in total. The van der Waals surface area contributed by atoms with Crippen LogP contribution in [-0.2, 0) is 0 Å². The Morgan fingerprint density at radius 2 is 2.24 bits per heavy atom. The maximum atomic E-state index is 13.3. The smallest absolute Gasteiger partial charge is 0.254 e. The predicted molar refractivity (Wildman–Crippen MR) is 65.8 cm³/mol. The van der Waals surface area contributed by atoms with Gasteiger partial charge in [0.1, 0.15) is 0 Å². The van der Waals surface area contributed by atoms with Crippen molar-refractivity contribution in [3.63, 3.8) is 0 Å². The lowest BCUT2D eigenvalue weighted by Gasteiger charge is -2.15. The molecule has 0 N–H and O–H groups in total. The van der Waals surface area contributed by atoms with Crippen molar-refractivity contribution in [1.29, 1.82) is 0 Å². The van der Waals surface area contributed by atoms with E-state index < -0.39 is 5.82 Å². The lowest BCUT2D eigenvalue weighted by atomic mass is 10.0. The van der Waals surface area contributed by atoms with Crippen LogP contribution < -0.4 is 4.74 Å². The fourth-order valence-corrected chi connectivity index (χ4v) is 1.65. The van der Waals surface area contributed by atoms with E-state index in [1.165, 1.54) is 0 Å². The van der Waals surface area contributed by atoms with E-state index in [-0.39, 0.29) is 11.2 Å². The summed E-state index contributed by atoms with van der Waals surface area (Å²) < 4.78 is 18.6. The third kappa shape index (κ3) is 4.86. The first-order chi connectivity index (χ1) is 8.17. The molecule has 0 saturated heterocycles. The second-order valence-electron chi connectivity index (χ2n) is 4.02. The molecule has 0 saturated carbocycles. The second kappa shape index (κ2) is 7.43. The van der Waals surface area contributed by atoms with Gasteiger partial charge in [0.2, 0.25) is 11.1 Å². The van der Waals surface area contributed by atoms with Gasteiger partial charge in [-0.3, -0.25) is 0 Å². The number of ether oxygens (including phenoxy) is 1. The number of unbranched alkanes of at least 4 members (excludes halogenated alkanes) is 1. The summed E-state index contributed by atoms with van der Waals surface area (Å²) in [6.45, 7) is 4.73. The summed E-state index contributed by atoms with van der Waals surface area (Å²) in [5.41, 5.74) is 0. The van der Waals surface area contributed by atoms with E-state index in [1.54, 1.807) is 0 Å². The van der Waals surface area contributed by atoms with Gasteiger partial charge < -0.3 is 4.74 Å². The van der Waals surface area contributed by atoms with Gasteiger partial charge in [-0.15, -0.1) is 0 Å². The zero-order valence-electron chi connectivity index (χ0n) is 10.2. The van der Waals surface area contributed by atoms with Crippen LogP contribution in [0.2, 0.25) is 5.28 Å². The topological polar surface area (TPSA) is 35.0 Å². The zero-order valence-corrected chi connectivity index (χ0v) is 11.0. The molecule has 0 aromatic carbocycles. The molecule has 0 amide bonds. The first-order valence-electron chi connectivity index (χ1n) is 5.98. The molecule has 0 fully saturated rings. The van der Waals surface area contributed by atoms with Crippen molar-refractivity contribution in [3.05, 3.63) is 17.3 Å². The Bertz CT molecular complexity index is 349. The molecule has 1 aromatic rings. The molecule has 1 unspecified atom stereocenters. The van der Waals surface area contributed by atoms with E-state index in [1.807, 2.05) is 0 Å². The van der Waals surface area contributed by atoms with Crippen LogP contribution in [0.1, 0.15) is 39.5 Å². The van der Waals surface area contributed by atoms with E-state index in [0.29, 0.717) is 12.5 Å². The van der Waals surface area contributed by atoms with Gasteiger partial charge in [-0.2, -0.15) is 9.37 Å². The van der Waals surface area contributed by atoms with Crippen LogP contribution in [0.5, 0.6) is 5.88 Å². The molecular formula is C12H18ClFN2O. The average Bonchev–Trinajstić information content (AvgIpc) is 2.33. The minimum Gasteiger partial charge on any atom is -0.475 e. The molecule has 17 heavy (non-hydrogen) atoms. The van der Waals surface area contributed by atoms with Crippen molar-refractivity contribution in [2.24, 2.45) is 5.92 Å². The first kappa shape index (κ1) is 14.2. The maximum absolute atomic E-state index is 13.3. The third-order valence-corrected chi connectivity index (χ3v) is 2.86. The van der Waals surface area contributed by atoms with Crippen molar-refractivity contribution < 1.29 is 9.13 Å². The molecule has 0 bridgehead atoms. The van der Waals surface area contributed by atoms with Crippen LogP contribution in [-0.4, -0.2) is 16.6 Å². The SMILES string of the molecule is CCCCC(CC)COc1nc(Cl)ncc1F. The Hall–Kier alpha value is -0.900. The number of halogens is 2. The molecule has 0 aliphatic heterocycles. The molecule has 1 heterocycles. The summed E-state index contributed by atoms with van der Waals surface area (Å²) in [5, 5.41) is 0.00278. The summed E-state index contributed by atoms with van der Waals surface area (Å²) in [6, 6.07) is 0. The normalized spacial score (nSPS) is 12.5. The Morgan fingerprint density at radius 3 is 2.88 bits per heavy atom. The first-order valence-corrected chi connectivity index (χ1v) is 6.36. The highest BCUT2D eigenvalue weighted by atomic mass is 35.5. The van der Waals surface area contributed by atoms with Crippen LogP contribution in [0, 0.1) is 11.7 Å². The van der Waals surface area contributed by atoms with Crippen LogP contribution in [0.3, 0.4) is 0 Å². The lowest BCUT2D eigenvalue weighted by Crippen LogP contribution is -2.13. The average molecular weight is 261 g/mol. The molecule has 0 aliphatic carbocycles. The summed E-state index contributed by atoms with van der Waals surface area (Å²) in [4.78, 5) is 7.25. The standard InChI is InChI=1S/C12H18ClFN2O/c1-3-5-6-9(4-2)8-17-11-10(14)7-15-12(13)16-11/h7,9H,3-6,8H2,1-2H3. The summed E-state index contributed by atoms with van der Waals surface area (Å²) in [6.07, 6.45) is 5.45. The predicted octanol–water partition coefficient (Wildman–Crippen LogP) is 3.86. The lowest BCUT2D eigenvalue weighted by molar-refractivity contribution is 0.216. The van der Waals surface area contributed by atoms with Crippen molar-refractivity contribution in [2.75, 3.05) is 6.61 Å². The van der Waals surface area contributed by atoms with Gasteiger partial charge in [-0.1, -0.05) is 33.1 Å². The van der Waals surface area contributed by atoms with Gasteiger partial charge >= 0.3 is 0 Å². The van der Waals surface area contributed by atoms with Gasteiger partial charge in [0.15, 0.2) is 0 Å². The molecular weight excluding hydrogens is 243 g/mol. The van der Waals surface area contributed by atoms with Crippen LogP contribution in [0.4, 0.5) is 4.39 Å². The highest BCUT2D eigenvalue weighted by Gasteiger charge is 2.11. The van der Waals surface area contributed by atoms with E-state index in [2.05, 4.69) is 23.8 Å². The van der Waals surface area contributed by atoms with E-state index in [9.17, 15) is 4.39 Å². The quantitative estimate of drug-likeness (QED) is 0.698. The van der Waals surface area contributed by atoms with Crippen LogP contribution in [0.15, 0.2) is 6.20 Å². The molecule has 0 spiro atoms. The Kier molecular flexibility index (Phi) is 6.19. The van der Waals surface area contributed by atoms with Gasteiger partial charge in [0.25, 0.3) is 5.88 Å². The van der Waals surface area contributed by atoms with Crippen molar-refractivity contribution in [3.8, 4) is 5.88 Å². The molecule has 0 radical (unpaired) electrons. The second-order valence-corrected chi connectivity index (χ2v) is 4.36. The van der Waals surface area contributed by atoms with Crippen LogP contribution >= 0.6 is 11.6 Å². The molecule has 5 heteroatoms.